The Kier molecular flexibility index (Phi) is 12.1. The molecule has 0 amide bonds. The van der Waals surface area contributed by atoms with Crippen LogP contribution in [0, 0.1) is 11.8 Å². The fourth-order valence-electron chi connectivity index (χ4n) is 5.12. The Bertz CT molecular complexity index is 1090. The van der Waals surface area contributed by atoms with Gasteiger partial charge in [0.2, 0.25) is 0 Å². The average molecular weight is 659 g/mol. The van der Waals surface area contributed by atoms with Crippen LogP contribution in [0.1, 0.15) is 20.8 Å². The fourth-order valence-corrected chi connectivity index (χ4v) is 6.16. The molecule has 0 spiro atoms. The quantitative estimate of drug-likeness (QED) is 0.0974. The second-order valence-electron chi connectivity index (χ2n) is 10.4. The van der Waals surface area contributed by atoms with Crippen molar-refractivity contribution in [3.8, 4) is 0 Å². The fraction of sp³-hybridized carbons (Fsp3) is 1.00. The zero-order chi connectivity index (χ0) is 31.7. The Hall–Kier alpha value is -0.700. The molecule has 0 aliphatic carbocycles. The molecule has 42 heavy (non-hydrogen) atoms. The Morgan fingerprint density at radius 1 is 0.595 bits per heavy atom. The summed E-state index contributed by atoms with van der Waals surface area (Å²) in [7, 11) is -10.3. The second kappa shape index (κ2) is 14.2. The lowest BCUT2D eigenvalue weighted by molar-refractivity contribution is -0.315. The van der Waals surface area contributed by atoms with Crippen LogP contribution in [0.25, 0.3) is 0 Å². The van der Waals surface area contributed by atoms with E-state index in [1.165, 1.54) is 20.8 Å². The van der Waals surface area contributed by atoms with Gasteiger partial charge in [0.05, 0.1) is 50.3 Å². The Labute approximate surface area is 241 Å². The SMILES string of the molecule is CC1OC(CO)[C@H](O)C(CO[C@@H]2OC(C)[C@H](CO[C@@H]3OC(C)[C@H](O)C(OS(=O)(=O)O)C3O)C(OS(=O)(=O)O)C2O)C1O. The maximum Gasteiger partial charge on any atom is 0.397 e. The van der Waals surface area contributed by atoms with Crippen LogP contribution in [0.5, 0.6) is 0 Å². The summed E-state index contributed by atoms with van der Waals surface area (Å²) >= 11 is 0. The van der Waals surface area contributed by atoms with Crippen molar-refractivity contribution in [1.29, 1.82) is 0 Å². The summed E-state index contributed by atoms with van der Waals surface area (Å²) in [5, 5.41) is 61.8. The van der Waals surface area contributed by atoms with Gasteiger partial charge in [0.1, 0.15) is 36.6 Å². The van der Waals surface area contributed by atoms with E-state index < -0.39 is 132 Å². The Morgan fingerprint density at radius 3 is 1.57 bits per heavy atom. The van der Waals surface area contributed by atoms with Gasteiger partial charge >= 0.3 is 20.8 Å². The Balaban J connectivity index is 1.73. The van der Waals surface area contributed by atoms with Crippen LogP contribution >= 0.6 is 0 Å². The van der Waals surface area contributed by atoms with E-state index in [0.29, 0.717) is 0 Å². The van der Waals surface area contributed by atoms with Crippen LogP contribution in [0.15, 0.2) is 0 Å². The second-order valence-corrected chi connectivity index (χ2v) is 12.5. The van der Waals surface area contributed by atoms with Gasteiger partial charge in [-0.2, -0.15) is 16.8 Å². The first-order chi connectivity index (χ1) is 19.3. The minimum Gasteiger partial charge on any atom is -0.394 e. The molecule has 0 aromatic carbocycles. The van der Waals surface area contributed by atoms with E-state index in [9.17, 15) is 52.0 Å². The highest BCUT2D eigenvalue weighted by molar-refractivity contribution is 7.81. The molecule has 0 aromatic heterocycles. The van der Waals surface area contributed by atoms with Crippen molar-refractivity contribution >= 4 is 20.8 Å². The Morgan fingerprint density at radius 2 is 1.05 bits per heavy atom. The van der Waals surface area contributed by atoms with Crippen molar-refractivity contribution in [2.75, 3.05) is 19.8 Å². The molecule has 21 heteroatoms. The number of rotatable bonds is 11. The van der Waals surface area contributed by atoms with Crippen LogP contribution < -0.4 is 0 Å². The van der Waals surface area contributed by atoms with Gasteiger partial charge in [-0.1, -0.05) is 0 Å². The van der Waals surface area contributed by atoms with Gasteiger partial charge in [-0.15, -0.1) is 0 Å². The number of hydrogen-bond donors (Lipinski definition) is 8. The van der Waals surface area contributed by atoms with Crippen LogP contribution in [0.4, 0.5) is 0 Å². The third-order valence-electron chi connectivity index (χ3n) is 7.45. The van der Waals surface area contributed by atoms with Gasteiger partial charge < -0.3 is 54.3 Å². The van der Waals surface area contributed by atoms with Crippen LogP contribution in [-0.4, -0.2) is 156 Å². The average Bonchev–Trinajstić information content (AvgIpc) is 2.87. The predicted molar refractivity (Wildman–Crippen MR) is 132 cm³/mol. The number of aliphatic hydroxyl groups excluding tert-OH is 6. The summed E-state index contributed by atoms with van der Waals surface area (Å²) in [6, 6.07) is 0. The van der Waals surface area contributed by atoms with Crippen molar-refractivity contribution in [2.24, 2.45) is 11.8 Å². The van der Waals surface area contributed by atoms with E-state index >= 15 is 0 Å². The third kappa shape index (κ3) is 8.72. The summed E-state index contributed by atoms with van der Waals surface area (Å²) in [6.07, 6.45) is -19.3. The summed E-state index contributed by atoms with van der Waals surface area (Å²) in [6.45, 7) is 2.57. The maximum atomic E-state index is 11.6. The standard InChI is InChI=1S/C21H38O19S2/c1-7-10(5-34-21-17(27)19(40-42(31,32)33)14(24)9(3)38-21)18(39-41(28,29)30)16(26)20(37-7)35-6-11-13(23)8(2)36-12(4-22)15(11)25/h7-27H,4-6H2,1-3H3,(H,28,29,30)(H,31,32,33)/t7?,8?,9?,10-,11?,12?,13?,14-,15+,16?,17?,18?,19?,20+,21+/m0/s1. The lowest BCUT2D eigenvalue weighted by atomic mass is 9.87. The molecule has 3 heterocycles. The molecule has 248 valence electrons. The molecule has 3 fully saturated rings. The molecular weight excluding hydrogens is 620 g/mol. The normalized spacial score (nSPS) is 45.5. The van der Waals surface area contributed by atoms with Crippen molar-refractivity contribution in [3.63, 3.8) is 0 Å². The van der Waals surface area contributed by atoms with Gasteiger partial charge in [0, 0.05) is 11.8 Å². The number of ether oxygens (including phenoxy) is 5. The number of hydrogen-bond acceptors (Lipinski definition) is 17. The third-order valence-corrected chi connectivity index (χ3v) is 8.38. The molecule has 8 N–H and O–H groups in total. The molecule has 0 saturated carbocycles. The molecule has 3 rings (SSSR count). The van der Waals surface area contributed by atoms with Crippen LogP contribution in [0.2, 0.25) is 0 Å². The highest BCUT2D eigenvalue weighted by Gasteiger charge is 2.51. The van der Waals surface area contributed by atoms with E-state index in [0.717, 1.165) is 0 Å². The molecule has 15 atom stereocenters. The number of aliphatic hydroxyl groups is 6. The van der Waals surface area contributed by atoms with Gasteiger partial charge in [0.25, 0.3) is 0 Å². The van der Waals surface area contributed by atoms with Crippen molar-refractivity contribution in [3.05, 3.63) is 0 Å². The van der Waals surface area contributed by atoms with Gasteiger partial charge in [-0.05, 0) is 20.8 Å². The van der Waals surface area contributed by atoms with E-state index in [4.69, 9.17) is 28.2 Å². The molecule has 10 unspecified atom stereocenters. The monoisotopic (exact) mass is 658 g/mol. The summed E-state index contributed by atoms with van der Waals surface area (Å²) < 4.78 is 100. The van der Waals surface area contributed by atoms with Crippen molar-refractivity contribution < 1.29 is 88.6 Å². The summed E-state index contributed by atoms with van der Waals surface area (Å²) in [5.74, 6) is -2.24. The van der Waals surface area contributed by atoms with E-state index in [1.54, 1.807) is 0 Å². The largest absolute Gasteiger partial charge is 0.397 e. The topological polar surface area (TPSA) is 295 Å². The molecule has 19 nitrogen and oxygen atoms in total. The highest BCUT2D eigenvalue weighted by atomic mass is 32.3. The predicted octanol–water partition coefficient (Wildman–Crippen LogP) is -4.30. The summed E-state index contributed by atoms with van der Waals surface area (Å²) in [5.41, 5.74) is 0. The van der Waals surface area contributed by atoms with Crippen LogP contribution in [0.3, 0.4) is 0 Å². The maximum absolute atomic E-state index is 11.6. The highest BCUT2D eigenvalue weighted by Crippen LogP contribution is 2.34. The first kappa shape index (κ1) is 35.8. The zero-order valence-corrected chi connectivity index (χ0v) is 24.3. The first-order valence-electron chi connectivity index (χ1n) is 12.9. The van der Waals surface area contributed by atoms with E-state index in [2.05, 4.69) is 8.37 Å². The molecule has 3 aliphatic heterocycles. The minimum absolute atomic E-state index is 0.446. The molecule has 3 saturated heterocycles. The zero-order valence-electron chi connectivity index (χ0n) is 22.7. The van der Waals surface area contributed by atoms with Crippen molar-refractivity contribution in [2.45, 2.75) is 100 Å². The molecule has 0 radical (unpaired) electrons. The minimum atomic E-state index is -5.19. The lowest BCUT2D eigenvalue weighted by Gasteiger charge is -2.45. The smallest absolute Gasteiger partial charge is 0.394 e. The molecule has 0 bridgehead atoms. The van der Waals surface area contributed by atoms with Gasteiger partial charge in [-0.25, -0.2) is 8.37 Å². The van der Waals surface area contributed by atoms with Crippen molar-refractivity contribution in [1.82, 2.24) is 0 Å². The molecule has 0 aromatic rings. The van der Waals surface area contributed by atoms with E-state index in [1.807, 2.05) is 0 Å². The molecule has 3 aliphatic rings. The first-order valence-corrected chi connectivity index (χ1v) is 15.6. The van der Waals surface area contributed by atoms with Gasteiger partial charge in [0.15, 0.2) is 12.6 Å². The van der Waals surface area contributed by atoms with Crippen LogP contribution in [-0.2, 0) is 52.8 Å². The molecular formula is C21H38O19S2. The van der Waals surface area contributed by atoms with Gasteiger partial charge in [-0.3, -0.25) is 9.11 Å². The summed E-state index contributed by atoms with van der Waals surface area (Å²) in [4.78, 5) is 0. The van der Waals surface area contributed by atoms with E-state index in [-0.39, 0.29) is 0 Å². The lowest BCUT2D eigenvalue weighted by Crippen LogP contribution is -2.61.